The fourth-order valence-corrected chi connectivity index (χ4v) is 3.38. The second kappa shape index (κ2) is 6.23. The van der Waals surface area contributed by atoms with E-state index in [1.54, 1.807) is 4.90 Å². The summed E-state index contributed by atoms with van der Waals surface area (Å²) in [5, 5.41) is 9.31. The largest absolute Gasteiger partial charge is 0.394 e. The number of halogens is 2. The molecule has 0 aromatic heterocycles. The minimum absolute atomic E-state index is 0.120. The summed E-state index contributed by atoms with van der Waals surface area (Å²) in [6, 6.07) is 2.67. The summed E-state index contributed by atoms with van der Waals surface area (Å²) < 4.78 is 26.7. The number of benzene rings is 1. The summed E-state index contributed by atoms with van der Waals surface area (Å²) in [6.07, 6.45) is 1.84. The van der Waals surface area contributed by atoms with Crippen LogP contribution in [0.1, 0.15) is 19.3 Å². The Bertz CT molecular complexity index is 618. The fourth-order valence-electron chi connectivity index (χ4n) is 3.38. The summed E-state index contributed by atoms with van der Waals surface area (Å²) in [4.78, 5) is 27.9. The van der Waals surface area contributed by atoms with Crippen LogP contribution in [0, 0.1) is 17.6 Å². The van der Waals surface area contributed by atoms with E-state index in [1.165, 1.54) is 4.90 Å². The van der Waals surface area contributed by atoms with Crippen molar-refractivity contribution < 1.29 is 23.5 Å². The molecular weight excluding hydrogens is 306 g/mol. The van der Waals surface area contributed by atoms with Gasteiger partial charge in [-0.15, -0.1) is 0 Å². The van der Waals surface area contributed by atoms with Crippen molar-refractivity contribution in [3.05, 3.63) is 29.8 Å². The van der Waals surface area contributed by atoms with Gasteiger partial charge in [-0.25, -0.2) is 8.78 Å². The molecule has 1 aromatic rings. The number of hydrogen-bond acceptors (Lipinski definition) is 3. The maximum Gasteiger partial charge on any atom is 0.239 e. The molecule has 7 heteroatoms. The molecule has 2 amide bonds. The summed E-state index contributed by atoms with van der Waals surface area (Å²) in [5.74, 6) is -3.10. The number of anilines is 1. The monoisotopic (exact) mass is 324 g/mol. The molecule has 5 nitrogen and oxygen atoms in total. The van der Waals surface area contributed by atoms with Crippen molar-refractivity contribution in [3.8, 4) is 0 Å². The van der Waals surface area contributed by atoms with Crippen LogP contribution in [-0.2, 0) is 9.59 Å². The number of carbonyl (C=O) groups is 2. The third kappa shape index (κ3) is 2.93. The highest BCUT2D eigenvalue weighted by Gasteiger charge is 2.42. The van der Waals surface area contributed by atoms with Crippen LogP contribution < -0.4 is 4.90 Å². The van der Waals surface area contributed by atoms with Crippen LogP contribution in [0.25, 0.3) is 0 Å². The van der Waals surface area contributed by atoms with E-state index in [-0.39, 0.29) is 30.8 Å². The van der Waals surface area contributed by atoms with Crippen LogP contribution in [0.3, 0.4) is 0 Å². The molecule has 124 valence electrons. The minimum Gasteiger partial charge on any atom is -0.394 e. The third-order valence-corrected chi connectivity index (χ3v) is 4.53. The van der Waals surface area contributed by atoms with Gasteiger partial charge in [-0.3, -0.25) is 9.59 Å². The van der Waals surface area contributed by atoms with Gasteiger partial charge in [-0.05, 0) is 31.4 Å². The first-order valence-electron chi connectivity index (χ1n) is 7.70. The molecule has 0 aliphatic carbocycles. The predicted octanol–water partition coefficient (Wildman–Crippen LogP) is 1.30. The molecular formula is C16H18F2N2O3. The van der Waals surface area contributed by atoms with Gasteiger partial charge in [0.25, 0.3) is 0 Å². The Balaban J connectivity index is 1.77. The van der Waals surface area contributed by atoms with E-state index in [4.69, 9.17) is 0 Å². The van der Waals surface area contributed by atoms with E-state index in [0.717, 1.165) is 31.0 Å². The molecule has 0 saturated carbocycles. The number of likely N-dealkylation sites (tertiary alicyclic amines) is 1. The molecule has 1 aromatic carbocycles. The molecule has 2 aliphatic rings. The molecule has 23 heavy (non-hydrogen) atoms. The van der Waals surface area contributed by atoms with Gasteiger partial charge in [0.15, 0.2) is 0 Å². The SMILES string of the molecule is O=C1[C@@H](C(=O)N2CCC[C@@H]2CO)CCN1c1cc(F)cc(F)c1. The van der Waals surface area contributed by atoms with E-state index in [9.17, 15) is 23.5 Å². The highest BCUT2D eigenvalue weighted by molar-refractivity contribution is 6.09. The lowest BCUT2D eigenvalue weighted by atomic mass is 10.1. The number of nitrogens with zero attached hydrogens (tertiary/aromatic N) is 2. The average Bonchev–Trinajstić information content (AvgIpc) is 3.11. The fraction of sp³-hybridized carbons (Fsp3) is 0.500. The zero-order chi connectivity index (χ0) is 16.6. The van der Waals surface area contributed by atoms with Gasteiger partial charge in [-0.1, -0.05) is 0 Å². The lowest BCUT2D eigenvalue weighted by molar-refractivity contribution is -0.141. The summed E-state index contributed by atoms with van der Waals surface area (Å²) in [7, 11) is 0. The Labute approximate surface area is 132 Å². The molecule has 0 bridgehead atoms. The van der Waals surface area contributed by atoms with E-state index in [1.807, 2.05) is 0 Å². The first-order chi connectivity index (χ1) is 11.0. The maximum absolute atomic E-state index is 13.3. The van der Waals surface area contributed by atoms with Crippen molar-refractivity contribution in [1.82, 2.24) is 4.90 Å². The van der Waals surface area contributed by atoms with Crippen molar-refractivity contribution in [3.63, 3.8) is 0 Å². The van der Waals surface area contributed by atoms with Crippen LogP contribution in [0.2, 0.25) is 0 Å². The van der Waals surface area contributed by atoms with Gasteiger partial charge in [0, 0.05) is 24.8 Å². The number of rotatable bonds is 3. The van der Waals surface area contributed by atoms with Gasteiger partial charge in [0.2, 0.25) is 11.8 Å². The number of aliphatic hydroxyl groups excluding tert-OH is 1. The highest BCUT2D eigenvalue weighted by atomic mass is 19.1. The lowest BCUT2D eigenvalue weighted by Gasteiger charge is -2.25. The van der Waals surface area contributed by atoms with Crippen molar-refractivity contribution in [1.29, 1.82) is 0 Å². The van der Waals surface area contributed by atoms with Gasteiger partial charge in [0.1, 0.15) is 17.6 Å². The molecule has 2 atom stereocenters. The Kier molecular flexibility index (Phi) is 4.30. The van der Waals surface area contributed by atoms with Crippen LogP contribution >= 0.6 is 0 Å². The molecule has 0 unspecified atom stereocenters. The molecule has 0 spiro atoms. The molecule has 2 saturated heterocycles. The van der Waals surface area contributed by atoms with Crippen molar-refractivity contribution in [2.45, 2.75) is 25.3 Å². The quantitative estimate of drug-likeness (QED) is 0.853. The van der Waals surface area contributed by atoms with Gasteiger partial charge in [0.05, 0.1) is 12.6 Å². The topological polar surface area (TPSA) is 60.9 Å². The van der Waals surface area contributed by atoms with Crippen LogP contribution in [-0.4, -0.2) is 47.6 Å². The molecule has 3 rings (SSSR count). The van der Waals surface area contributed by atoms with E-state index < -0.39 is 23.5 Å². The Morgan fingerprint density at radius 1 is 1.17 bits per heavy atom. The van der Waals surface area contributed by atoms with Crippen LogP contribution in [0.4, 0.5) is 14.5 Å². The number of carbonyl (C=O) groups excluding carboxylic acids is 2. The van der Waals surface area contributed by atoms with Gasteiger partial charge in [-0.2, -0.15) is 0 Å². The number of amides is 2. The third-order valence-electron chi connectivity index (χ3n) is 4.53. The van der Waals surface area contributed by atoms with E-state index >= 15 is 0 Å². The van der Waals surface area contributed by atoms with Gasteiger partial charge >= 0.3 is 0 Å². The second-order valence-corrected chi connectivity index (χ2v) is 5.97. The van der Waals surface area contributed by atoms with E-state index in [2.05, 4.69) is 0 Å². The van der Waals surface area contributed by atoms with Gasteiger partial charge < -0.3 is 14.9 Å². The average molecular weight is 324 g/mol. The van der Waals surface area contributed by atoms with Crippen LogP contribution in [0.5, 0.6) is 0 Å². The molecule has 2 heterocycles. The lowest BCUT2D eigenvalue weighted by Crippen LogP contribution is -2.43. The Hall–Kier alpha value is -2.02. The first kappa shape index (κ1) is 15.9. The number of aliphatic hydroxyl groups is 1. The smallest absolute Gasteiger partial charge is 0.239 e. The van der Waals surface area contributed by atoms with Crippen molar-refractivity contribution in [2.75, 3.05) is 24.6 Å². The molecule has 1 N–H and O–H groups in total. The minimum atomic E-state index is -0.839. The molecule has 2 fully saturated rings. The van der Waals surface area contributed by atoms with Crippen molar-refractivity contribution in [2.24, 2.45) is 5.92 Å². The second-order valence-electron chi connectivity index (χ2n) is 5.97. The predicted molar refractivity (Wildman–Crippen MR) is 78.6 cm³/mol. The van der Waals surface area contributed by atoms with Crippen molar-refractivity contribution >= 4 is 17.5 Å². The zero-order valence-corrected chi connectivity index (χ0v) is 12.5. The Morgan fingerprint density at radius 2 is 1.87 bits per heavy atom. The van der Waals surface area contributed by atoms with E-state index in [0.29, 0.717) is 13.0 Å². The summed E-state index contributed by atoms with van der Waals surface area (Å²) in [5.41, 5.74) is 0.128. The first-order valence-corrected chi connectivity index (χ1v) is 7.70. The summed E-state index contributed by atoms with van der Waals surface area (Å²) >= 11 is 0. The standard InChI is InChI=1S/C16H18F2N2O3/c17-10-6-11(18)8-13(7-10)20-5-3-14(16(20)23)15(22)19-4-1-2-12(19)9-21/h6-8,12,14,21H,1-5,9H2/t12-,14-/m1/s1. The molecule has 0 radical (unpaired) electrons. The Morgan fingerprint density at radius 3 is 2.52 bits per heavy atom. The maximum atomic E-state index is 13.3. The van der Waals surface area contributed by atoms with Crippen LogP contribution in [0.15, 0.2) is 18.2 Å². The summed E-state index contributed by atoms with van der Waals surface area (Å²) in [6.45, 7) is 0.656. The number of hydrogen-bond donors (Lipinski definition) is 1. The highest BCUT2D eigenvalue weighted by Crippen LogP contribution is 2.29. The zero-order valence-electron chi connectivity index (χ0n) is 12.5. The normalized spacial score (nSPS) is 24.6. The molecule has 2 aliphatic heterocycles.